The largest absolute Gasteiger partial charge is 0.481 e. The van der Waals surface area contributed by atoms with E-state index in [0.29, 0.717) is 11.5 Å². The number of hydrogen-bond acceptors (Lipinski definition) is 7. The number of sulfone groups is 1. The van der Waals surface area contributed by atoms with Crippen LogP contribution in [0.3, 0.4) is 0 Å². The lowest BCUT2D eigenvalue weighted by Gasteiger charge is -2.45. The number of carboxylic acids is 1. The summed E-state index contributed by atoms with van der Waals surface area (Å²) in [6.07, 6.45) is -0.488. The molecule has 2 aromatic rings. The third-order valence-corrected chi connectivity index (χ3v) is 7.27. The summed E-state index contributed by atoms with van der Waals surface area (Å²) in [4.78, 5) is 22.8. The maximum absolute atomic E-state index is 13.0. The molecule has 0 saturated heterocycles. The van der Waals surface area contributed by atoms with E-state index in [1.807, 2.05) is 0 Å². The van der Waals surface area contributed by atoms with Crippen molar-refractivity contribution in [3.8, 4) is 11.5 Å². The zero-order chi connectivity index (χ0) is 22.6. The Balaban J connectivity index is 1.68. The molecule has 9 nitrogen and oxygen atoms in total. The third-order valence-electron chi connectivity index (χ3n) is 5.13. The fourth-order valence-corrected chi connectivity index (χ4v) is 5.30. The van der Waals surface area contributed by atoms with Crippen LogP contribution < -0.4 is 15.5 Å². The van der Waals surface area contributed by atoms with Crippen molar-refractivity contribution in [1.29, 1.82) is 0 Å². The number of carbonyl (C=O) groups is 2. The molecule has 1 fully saturated rings. The van der Waals surface area contributed by atoms with Gasteiger partial charge in [-0.2, -0.15) is 0 Å². The molecule has 0 radical (unpaired) electrons. The molecule has 0 unspecified atom stereocenters. The Morgan fingerprint density at radius 2 is 1.61 bits per heavy atom. The molecule has 0 atom stereocenters. The average molecular weight is 452 g/mol. The van der Waals surface area contributed by atoms with Gasteiger partial charge in [-0.05, 0) is 61.4 Å². The molecule has 2 aromatic carbocycles. The van der Waals surface area contributed by atoms with Gasteiger partial charge in [-0.15, -0.1) is 0 Å². The molecule has 3 rings (SSSR count). The first-order chi connectivity index (χ1) is 14.7. The van der Waals surface area contributed by atoms with Crippen molar-refractivity contribution >= 4 is 21.7 Å². The van der Waals surface area contributed by atoms with Gasteiger partial charge in [0.1, 0.15) is 22.9 Å². The van der Waals surface area contributed by atoms with Crippen LogP contribution in [0.1, 0.15) is 19.3 Å². The molecule has 1 aliphatic carbocycles. The van der Waals surface area contributed by atoms with E-state index in [1.54, 1.807) is 0 Å². The number of carboxylic acid groups (broad SMARTS) is 1. The van der Waals surface area contributed by atoms with Gasteiger partial charge in [0.2, 0.25) is 0 Å². The quantitative estimate of drug-likeness (QED) is 0.334. The Kier molecular flexibility index (Phi) is 6.58. The predicted octanol–water partition coefficient (Wildman–Crippen LogP) is 1.86. The number of hydroxylamine groups is 1. The van der Waals surface area contributed by atoms with Crippen molar-refractivity contribution in [2.45, 2.75) is 34.9 Å². The highest BCUT2D eigenvalue weighted by Gasteiger charge is 2.54. The summed E-state index contributed by atoms with van der Waals surface area (Å²) in [7, 11) is -3.77. The van der Waals surface area contributed by atoms with Crippen LogP contribution in [0.25, 0.3) is 0 Å². The first kappa shape index (κ1) is 22.7. The van der Waals surface area contributed by atoms with E-state index in [-0.39, 0.29) is 30.7 Å². The highest BCUT2D eigenvalue weighted by molar-refractivity contribution is 7.92. The van der Waals surface area contributed by atoms with Gasteiger partial charge in [-0.25, -0.2) is 18.3 Å². The second-order valence-corrected chi connectivity index (χ2v) is 9.42. The van der Waals surface area contributed by atoms with Gasteiger partial charge >= 0.3 is 5.97 Å². The topological polar surface area (TPSA) is 142 Å². The number of carbonyl (C=O) groups excluding carboxylic acids is 1. The minimum absolute atomic E-state index is 0.0347. The third kappa shape index (κ3) is 5.01. The van der Waals surface area contributed by atoms with Crippen molar-refractivity contribution < 1.29 is 37.4 Å². The van der Waals surface area contributed by atoms with Crippen molar-refractivity contribution in [3.05, 3.63) is 54.3 Å². The summed E-state index contributed by atoms with van der Waals surface area (Å²) < 4.78 is 44.3. The fraction of sp³-hybridized carbons (Fsp3) is 0.300. The minimum atomic E-state index is -3.77. The van der Waals surface area contributed by atoms with Crippen LogP contribution in [-0.4, -0.2) is 47.9 Å². The minimum Gasteiger partial charge on any atom is -0.481 e. The van der Waals surface area contributed by atoms with Crippen molar-refractivity contribution in [1.82, 2.24) is 10.8 Å². The molecule has 166 valence electrons. The fourth-order valence-electron chi connectivity index (χ4n) is 3.39. The molecule has 1 aliphatic rings. The molecule has 1 saturated carbocycles. The molecular formula is C20H21FN2O7S. The summed E-state index contributed by atoms with van der Waals surface area (Å²) >= 11 is 0. The Labute approximate surface area is 177 Å². The molecule has 1 amide bonds. The van der Waals surface area contributed by atoms with E-state index in [0.717, 1.165) is 0 Å². The monoisotopic (exact) mass is 452 g/mol. The van der Waals surface area contributed by atoms with Gasteiger partial charge in [0, 0.05) is 6.54 Å². The molecule has 0 heterocycles. The zero-order valence-corrected chi connectivity index (χ0v) is 17.1. The van der Waals surface area contributed by atoms with Gasteiger partial charge in [0.05, 0.1) is 16.6 Å². The first-order valence-corrected chi connectivity index (χ1v) is 10.9. The lowest BCUT2D eigenvalue weighted by molar-refractivity contribution is -0.141. The predicted molar refractivity (Wildman–Crippen MR) is 106 cm³/mol. The number of nitrogens with one attached hydrogen (secondary N) is 2. The molecule has 0 aromatic heterocycles. The van der Waals surface area contributed by atoms with Gasteiger partial charge in [0.15, 0.2) is 9.84 Å². The molecule has 31 heavy (non-hydrogen) atoms. The molecule has 4 N–H and O–H groups in total. The van der Waals surface area contributed by atoms with Crippen molar-refractivity contribution in [3.63, 3.8) is 0 Å². The summed E-state index contributed by atoms with van der Waals surface area (Å²) in [5, 5.41) is 19.6. The second-order valence-electron chi connectivity index (χ2n) is 7.20. The number of ether oxygens (including phenoxy) is 1. The highest BCUT2D eigenvalue weighted by atomic mass is 32.2. The maximum atomic E-state index is 13.0. The van der Waals surface area contributed by atoms with Gasteiger partial charge in [-0.3, -0.25) is 14.8 Å². The van der Waals surface area contributed by atoms with Crippen molar-refractivity contribution in [2.24, 2.45) is 0 Å². The molecule has 0 aliphatic heterocycles. The van der Waals surface area contributed by atoms with E-state index in [4.69, 9.17) is 15.1 Å². The van der Waals surface area contributed by atoms with E-state index in [2.05, 4.69) is 5.32 Å². The number of benzene rings is 2. The van der Waals surface area contributed by atoms with E-state index in [9.17, 15) is 22.4 Å². The molecular weight excluding hydrogens is 431 g/mol. The van der Waals surface area contributed by atoms with Gasteiger partial charge in [0.25, 0.3) is 5.91 Å². The zero-order valence-electron chi connectivity index (χ0n) is 16.2. The number of amides is 1. The van der Waals surface area contributed by atoms with E-state index in [1.165, 1.54) is 54.0 Å². The van der Waals surface area contributed by atoms with Gasteiger partial charge < -0.3 is 15.2 Å². The van der Waals surface area contributed by atoms with Crippen LogP contribution in [0.2, 0.25) is 0 Å². The van der Waals surface area contributed by atoms with E-state index >= 15 is 0 Å². The second kappa shape index (κ2) is 9.00. The summed E-state index contributed by atoms with van der Waals surface area (Å²) in [5.41, 5.74) is 0.154. The lowest BCUT2D eigenvalue weighted by atomic mass is 9.75. The van der Waals surface area contributed by atoms with Crippen LogP contribution in [0.4, 0.5) is 4.39 Å². The normalized spacial score (nSPS) is 20.5. The molecule has 11 heteroatoms. The average Bonchev–Trinajstić information content (AvgIpc) is 2.71. The molecule has 0 spiro atoms. The van der Waals surface area contributed by atoms with Crippen LogP contribution in [0.15, 0.2) is 53.4 Å². The summed E-state index contributed by atoms with van der Waals surface area (Å²) in [5.74, 6) is -1.53. The Bertz CT molecular complexity index is 1050. The number of halogens is 1. The van der Waals surface area contributed by atoms with Gasteiger partial charge in [-0.1, -0.05) is 0 Å². The molecule has 0 bridgehead atoms. The van der Waals surface area contributed by atoms with Crippen LogP contribution in [0, 0.1) is 5.82 Å². The number of aliphatic carboxylic acids is 1. The number of hydrogen-bond donors (Lipinski definition) is 4. The Hall–Kier alpha value is -3.02. The van der Waals surface area contributed by atoms with Crippen LogP contribution in [-0.2, 0) is 19.4 Å². The Morgan fingerprint density at radius 1 is 1.06 bits per heavy atom. The summed E-state index contributed by atoms with van der Waals surface area (Å²) in [6, 6.07) is 11.0. The Morgan fingerprint density at radius 3 is 2.13 bits per heavy atom. The number of rotatable bonds is 9. The van der Waals surface area contributed by atoms with Crippen molar-refractivity contribution in [2.75, 3.05) is 6.54 Å². The first-order valence-electron chi connectivity index (χ1n) is 9.35. The standard InChI is InChI=1S/C20H21FN2O7S/c21-13-1-3-14(4-2-13)30-15-5-7-16(8-6-15)31(28,29)17-11-20(12-17,19(26)23-27)22-10-9-18(24)25/h1-8,17,22,27H,9-12H2,(H,23,26)(H,24,25). The highest BCUT2D eigenvalue weighted by Crippen LogP contribution is 2.40. The van der Waals surface area contributed by atoms with Crippen LogP contribution >= 0.6 is 0 Å². The summed E-state index contributed by atoms with van der Waals surface area (Å²) in [6.45, 7) is -0.0507. The maximum Gasteiger partial charge on any atom is 0.304 e. The smallest absolute Gasteiger partial charge is 0.304 e. The van der Waals surface area contributed by atoms with E-state index < -0.39 is 38.3 Å². The lowest BCUT2D eigenvalue weighted by Crippen LogP contribution is -2.67. The van der Waals surface area contributed by atoms with Crippen LogP contribution in [0.5, 0.6) is 11.5 Å². The SMILES string of the molecule is O=C(O)CCNC1(C(=O)NO)CC(S(=O)(=O)c2ccc(Oc3ccc(F)cc3)cc2)C1.